The maximum absolute atomic E-state index is 12.9. The van der Waals surface area contributed by atoms with Crippen molar-refractivity contribution in [3.8, 4) is 22.8 Å². The van der Waals surface area contributed by atoms with E-state index < -0.39 is 10.0 Å². The average Bonchev–Trinajstić information content (AvgIpc) is 3.59. The summed E-state index contributed by atoms with van der Waals surface area (Å²) in [4.78, 5) is 17.7. The summed E-state index contributed by atoms with van der Waals surface area (Å²) in [7, 11) is -0.633. The number of nitrogens with zero attached hydrogens (tertiary/aromatic N) is 3. The van der Waals surface area contributed by atoms with Crippen molar-refractivity contribution in [1.29, 1.82) is 0 Å². The molecule has 0 saturated heterocycles. The zero-order valence-electron chi connectivity index (χ0n) is 19.6. The first-order valence-corrected chi connectivity index (χ1v) is 13.2. The summed E-state index contributed by atoms with van der Waals surface area (Å²) in [6.07, 6.45) is 5.15. The molecule has 0 saturated carbocycles. The lowest BCUT2D eigenvalue weighted by molar-refractivity contribution is 0.355. The Hall–Kier alpha value is -4.26. The molecule has 0 aliphatic heterocycles. The fourth-order valence-corrected chi connectivity index (χ4v) is 4.98. The molecule has 0 atom stereocenters. The first-order valence-electron chi connectivity index (χ1n) is 10.8. The van der Waals surface area contributed by atoms with Gasteiger partial charge in [0, 0.05) is 11.6 Å². The van der Waals surface area contributed by atoms with Gasteiger partial charge in [-0.3, -0.25) is 4.79 Å². The molecule has 0 bridgehead atoms. The van der Waals surface area contributed by atoms with Gasteiger partial charge in [-0.15, -0.1) is 5.10 Å². The van der Waals surface area contributed by atoms with E-state index in [1.807, 2.05) is 18.2 Å². The van der Waals surface area contributed by atoms with Crippen LogP contribution in [0.4, 0.5) is 0 Å². The highest BCUT2D eigenvalue weighted by Gasteiger charge is 2.12. The minimum Gasteiger partial charge on any atom is -0.493 e. The van der Waals surface area contributed by atoms with Crippen molar-refractivity contribution in [2.45, 2.75) is 4.90 Å². The number of sulfonamides is 1. The molecule has 10 nitrogen and oxygen atoms in total. The molecule has 3 heterocycles. The predicted molar refractivity (Wildman–Crippen MR) is 140 cm³/mol. The molecule has 188 valence electrons. The second-order valence-electron chi connectivity index (χ2n) is 7.80. The molecular formula is C25H20N4O6S2. The first kappa shape index (κ1) is 24.4. The molecule has 2 N–H and O–H groups in total. The summed E-state index contributed by atoms with van der Waals surface area (Å²) in [6, 6.07) is 15.0. The van der Waals surface area contributed by atoms with Gasteiger partial charge in [-0.2, -0.15) is 9.50 Å². The summed E-state index contributed by atoms with van der Waals surface area (Å²) in [5, 5.41) is 9.43. The number of rotatable bonds is 7. The molecule has 0 unspecified atom stereocenters. The first-order chi connectivity index (χ1) is 17.7. The number of ether oxygens (including phenoxy) is 2. The molecule has 0 radical (unpaired) electrons. The number of aromatic nitrogens is 3. The van der Waals surface area contributed by atoms with Crippen LogP contribution in [0.25, 0.3) is 34.5 Å². The summed E-state index contributed by atoms with van der Waals surface area (Å²) in [5.41, 5.74) is 1.22. The molecule has 2 aromatic carbocycles. The van der Waals surface area contributed by atoms with Crippen LogP contribution in [-0.4, -0.2) is 37.2 Å². The maximum atomic E-state index is 12.9. The topological polar surface area (TPSA) is 139 Å². The van der Waals surface area contributed by atoms with E-state index in [1.165, 1.54) is 28.0 Å². The van der Waals surface area contributed by atoms with Crippen molar-refractivity contribution in [2.24, 2.45) is 5.14 Å². The largest absolute Gasteiger partial charge is 0.493 e. The van der Waals surface area contributed by atoms with Crippen LogP contribution in [0.5, 0.6) is 11.5 Å². The predicted octanol–water partition coefficient (Wildman–Crippen LogP) is 2.79. The number of hydrogen-bond acceptors (Lipinski definition) is 9. The van der Waals surface area contributed by atoms with Crippen LogP contribution in [0.3, 0.4) is 0 Å². The molecule has 5 rings (SSSR count). The zero-order chi connectivity index (χ0) is 26.2. The lowest BCUT2D eigenvalue weighted by Gasteiger charge is -2.07. The normalized spacial score (nSPS) is 12.6. The van der Waals surface area contributed by atoms with Gasteiger partial charge in [-0.25, -0.2) is 13.6 Å². The SMILES string of the molecule is COc1ccc(/C=C/c2nc3s/c(=C\c4ccc(-c5ccc(S(N)(=O)=O)cc5)o4)c(=O)n3n2)cc1OC. The highest BCUT2D eigenvalue weighted by atomic mass is 32.2. The van der Waals surface area contributed by atoms with Crippen LogP contribution in [-0.2, 0) is 10.0 Å². The molecule has 3 aromatic heterocycles. The fraction of sp³-hybridized carbons (Fsp3) is 0.0800. The molecular weight excluding hydrogens is 516 g/mol. The Morgan fingerprint density at radius 1 is 1.00 bits per heavy atom. The number of benzene rings is 2. The number of nitrogens with two attached hydrogens (primary N) is 1. The maximum Gasteiger partial charge on any atom is 0.291 e. The van der Waals surface area contributed by atoms with Gasteiger partial charge in [-0.05, 0) is 60.2 Å². The molecule has 0 amide bonds. The van der Waals surface area contributed by atoms with Crippen LogP contribution in [0, 0.1) is 0 Å². The number of primary sulfonamides is 1. The van der Waals surface area contributed by atoms with E-state index in [9.17, 15) is 13.2 Å². The van der Waals surface area contributed by atoms with E-state index in [0.717, 1.165) is 5.56 Å². The Morgan fingerprint density at radius 2 is 1.76 bits per heavy atom. The van der Waals surface area contributed by atoms with Crippen molar-refractivity contribution >= 4 is 44.5 Å². The highest BCUT2D eigenvalue weighted by Crippen LogP contribution is 2.28. The summed E-state index contributed by atoms with van der Waals surface area (Å²) >= 11 is 1.19. The second kappa shape index (κ2) is 9.65. The third kappa shape index (κ3) is 5.03. The second-order valence-corrected chi connectivity index (χ2v) is 10.4. The van der Waals surface area contributed by atoms with E-state index in [2.05, 4.69) is 10.1 Å². The average molecular weight is 537 g/mol. The van der Waals surface area contributed by atoms with E-state index in [-0.39, 0.29) is 10.5 Å². The third-order valence-electron chi connectivity index (χ3n) is 5.40. The van der Waals surface area contributed by atoms with Crippen LogP contribution in [0.1, 0.15) is 17.1 Å². The lowest BCUT2D eigenvalue weighted by atomic mass is 10.2. The summed E-state index contributed by atoms with van der Waals surface area (Å²) in [5.74, 6) is 2.60. The van der Waals surface area contributed by atoms with Crippen molar-refractivity contribution in [2.75, 3.05) is 14.2 Å². The van der Waals surface area contributed by atoms with Gasteiger partial charge in [0.25, 0.3) is 5.56 Å². The van der Waals surface area contributed by atoms with E-state index in [4.69, 9.17) is 19.0 Å². The van der Waals surface area contributed by atoms with Crippen molar-refractivity contribution in [3.63, 3.8) is 0 Å². The van der Waals surface area contributed by atoms with Gasteiger partial charge in [0.05, 0.1) is 19.1 Å². The molecule has 12 heteroatoms. The van der Waals surface area contributed by atoms with Crippen LogP contribution in [0.15, 0.2) is 68.7 Å². The Labute approximate surface area is 214 Å². The number of furan rings is 1. The minimum absolute atomic E-state index is 0.0120. The Kier molecular flexibility index (Phi) is 6.38. The van der Waals surface area contributed by atoms with Gasteiger partial charge in [-0.1, -0.05) is 23.5 Å². The number of hydrogen-bond donors (Lipinski definition) is 1. The smallest absolute Gasteiger partial charge is 0.291 e. The van der Waals surface area contributed by atoms with Crippen LogP contribution >= 0.6 is 11.3 Å². The molecule has 37 heavy (non-hydrogen) atoms. The molecule has 5 aromatic rings. The number of thiazole rings is 1. The summed E-state index contributed by atoms with van der Waals surface area (Å²) < 4.78 is 40.9. The quantitative estimate of drug-likeness (QED) is 0.335. The van der Waals surface area contributed by atoms with E-state index >= 15 is 0 Å². The zero-order valence-corrected chi connectivity index (χ0v) is 21.2. The van der Waals surface area contributed by atoms with Gasteiger partial charge in [0.2, 0.25) is 15.0 Å². The number of fused-ring (bicyclic) bond motifs is 1. The monoisotopic (exact) mass is 536 g/mol. The Morgan fingerprint density at radius 3 is 2.43 bits per heavy atom. The third-order valence-corrected chi connectivity index (χ3v) is 7.29. The molecule has 0 aliphatic rings. The van der Waals surface area contributed by atoms with Gasteiger partial charge in [0.15, 0.2) is 17.3 Å². The number of methoxy groups -OCH3 is 2. The minimum atomic E-state index is -3.77. The standard InChI is InChI=1S/C25H20N4O6S2/c1-33-20-10-3-15(13-21(20)34-2)4-12-23-27-25-29(28-23)24(30)22(36-25)14-17-7-11-19(35-17)16-5-8-18(9-6-16)37(26,31)32/h3-14H,1-2H3,(H2,26,31,32)/b12-4+,22-14-. The lowest BCUT2D eigenvalue weighted by Crippen LogP contribution is -2.23. The van der Waals surface area contributed by atoms with Crippen LogP contribution in [0.2, 0.25) is 0 Å². The van der Waals surface area contributed by atoms with E-state index in [0.29, 0.717) is 43.9 Å². The van der Waals surface area contributed by atoms with Gasteiger partial charge in [0.1, 0.15) is 16.1 Å². The van der Waals surface area contributed by atoms with Crippen molar-refractivity contribution in [1.82, 2.24) is 14.6 Å². The summed E-state index contributed by atoms with van der Waals surface area (Å²) in [6.45, 7) is 0. The van der Waals surface area contributed by atoms with Crippen LogP contribution < -0.4 is 24.7 Å². The molecule has 0 aliphatic carbocycles. The molecule has 0 fully saturated rings. The highest BCUT2D eigenvalue weighted by molar-refractivity contribution is 7.89. The van der Waals surface area contributed by atoms with Gasteiger partial charge < -0.3 is 13.9 Å². The Balaban J connectivity index is 1.38. The molecule has 0 spiro atoms. The van der Waals surface area contributed by atoms with Crippen molar-refractivity contribution < 1.29 is 22.3 Å². The van der Waals surface area contributed by atoms with Crippen molar-refractivity contribution in [3.05, 3.63) is 86.6 Å². The van der Waals surface area contributed by atoms with E-state index in [1.54, 1.807) is 56.7 Å². The fourth-order valence-electron chi connectivity index (χ4n) is 3.57. The van der Waals surface area contributed by atoms with Gasteiger partial charge >= 0.3 is 0 Å². The Bertz CT molecular complexity index is 1850.